The summed E-state index contributed by atoms with van der Waals surface area (Å²) in [6.45, 7) is 21.2. The quantitative estimate of drug-likeness (QED) is 0.151. The molecule has 2 N–H and O–H groups in total. The zero-order chi connectivity index (χ0) is 32.4. The first-order valence-electron chi connectivity index (χ1n) is 16.3. The molecule has 0 saturated heterocycles. The second-order valence-electron chi connectivity index (χ2n) is 12.6. The van der Waals surface area contributed by atoms with Crippen LogP contribution in [-0.4, -0.2) is 4.57 Å². The lowest BCUT2D eigenvalue weighted by molar-refractivity contribution is 0.329. The number of allylic oxidation sites excluding steroid dienone is 7. The first-order valence-corrected chi connectivity index (χ1v) is 16.3. The Morgan fingerprint density at radius 2 is 1.76 bits per heavy atom. The SMILES string of the molecule is C=CC1=c2c(n(-c3ccccc3)c3cc(-c4cccc(C=C)c4C=C)ccc23)=CC(C2C=C[C@@](C)(C(/C=C\C)=C/N)CC2)C1C=C. The summed E-state index contributed by atoms with van der Waals surface area (Å²) in [5.74, 6) is 0.752. The summed E-state index contributed by atoms with van der Waals surface area (Å²) < 4.78 is 2.44. The molecule has 0 amide bonds. The molecule has 1 heterocycles. The summed E-state index contributed by atoms with van der Waals surface area (Å²) in [5, 5.41) is 3.68. The number of hydrogen-bond acceptors (Lipinski definition) is 1. The molecular formula is C44H44N2. The van der Waals surface area contributed by atoms with Gasteiger partial charge in [-0.1, -0.05) is 130 Å². The molecule has 3 unspecified atom stereocenters. The Bertz CT molecular complexity index is 2060. The minimum atomic E-state index is -0.0746. The molecule has 230 valence electrons. The van der Waals surface area contributed by atoms with Gasteiger partial charge in [0, 0.05) is 27.6 Å². The molecule has 2 nitrogen and oxygen atoms in total. The fraction of sp³-hybridized carbons (Fsp3) is 0.182. The highest BCUT2D eigenvalue weighted by Crippen LogP contribution is 2.45. The molecule has 4 atom stereocenters. The number of benzene rings is 3. The van der Waals surface area contributed by atoms with Crippen molar-refractivity contribution < 1.29 is 0 Å². The molecule has 0 radical (unpaired) electrons. The number of nitrogens with zero attached hydrogens (tertiary/aromatic N) is 1. The molecule has 2 heteroatoms. The summed E-state index contributed by atoms with van der Waals surface area (Å²) in [7, 11) is 0. The number of para-hydroxylation sites is 1. The molecule has 6 rings (SSSR count). The van der Waals surface area contributed by atoms with E-state index in [-0.39, 0.29) is 17.3 Å². The largest absolute Gasteiger partial charge is 0.404 e. The minimum absolute atomic E-state index is 0.0746. The summed E-state index contributed by atoms with van der Waals surface area (Å²) in [5.41, 5.74) is 15.2. The Balaban J connectivity index is 1.61. The van der Waals surface area contributed by atoms with E-state index in [0.29, 0.717) is 5.92 Å². The highest BCUT2D eigenvalue weighted by Gasteiger charge is 2.36. The average Bonchev–Trinajstić information content (AvgIpc) is 3.43. The molecule has 0 aliphatic heterocycles. The van der Waals surface area contributed by atoms with Gasteiger partial charge in [0.2, 0.25) is 0 Å². The van der Waals surface area contributed by atoms with Crippen molar-refractivity contribution in [2.75, 3.05) is 0 Å². The van der Waals surface area contributed by atoms with Gasteiger partial charge in [0.05, 0.1) is 10.9 Å². The third-order valence-electron chi connectivity index (χ3n) is 10.2. The Morgan fingerprint density at radius 3 is 2.39 bits per heavy atom. The maximum atomic E-state index is 6.08. The van der Waals surface area contributed by atoms with E-state index >= 15 is 0 Å². The lowest BCUT2D eigenvalue weighted by Crippen LogP contribution is -2.40. The second kappa shape index (κ2) is 12.7. The van der Waals surface area contributed by atoms with E-state index in [9.17, 15) is 0 Å². The lowest BCUT2D eigenvalue weighted by Gasteiger charge is -2.38. The van der Waals surface area contributed by atoms with Crippen LogP contribution in [0, 0.1) is 23.2 Å². The van der Waals surface area contributed by atoms with Crippen molar-refractivity contribution >= 4 is 34.7 Å². The predicted molar refractivity (Wildman–Crippen MR) is 200 cm³/mol. The van der Waals surface area contributed by atoms with Crippen molar-refractivity contribution in [3.8, 4) is 16.8 Å². The summed E-state index contributed by atoms with van der Waals surface area (Å²) in [4.78, 5) is 0. The Labute approximate surface area is 274 Å². The van der Waals surface area contributed by atoms with Crippen LogP contribution in [0.15, 0.2) is 141 Å². The Morgan fingerprint density at radius 1 is 0.957 bits per heavy atom. The van der Waals surface area contributed by atoms with Gasteiger partial charge in [-0.3, -0.25) is 0 Å². The predicted octanol–water partition coefficient (Wildman–Crippen LogP) is 9.52. The molecule has 3 aromatic carbocycles. The highest BCUT2D eigenvalue weighted by atomic mass is 15.0. The standard InChI is InChI=1S/C44H44N2/c1-7-16-33(29-45)44(6)25-23-31(24-26-44)40-28-42-43(37(11-5)36(40)10-4)39-22-21-32(38-20-15-17-30(8-2)35(38)9-3)27-41(39)46(42)34-18-13-12-14-19-34/h7-23,25,27-29,31,36,40H,2-5,24,26,45H2,1,6H3/b16-7-,33-29+/t31?,36?,40?,44-/m1/s1. The van der Waals surface area contributed by atoms with Crippen LogP contribution < -0.4 is 16.3 Å². The van der Waals surface area contributed by atoms with Crippen LogP contribution in [0.3, 0.4) is 0 Å². The van der Waals surface area contributed by atoms with E-state index in [1.54, 1.807) is 6.20 Å². The van der Waals surface area contributed by atoms with Gasteiger partial charge in [-0.15, -0.1) is 6.58 Å². The lowest BCUT2D eigenvalue weighted by atomic mass is 9.66. The van der Waals surface area contributed by atoms with E-state index in [4.69, 9.17) is 5.73 Å². The number of aromatic nitrogens is 1. The molecule has 0 fully saturated rings. The van der Waals surface area contributed by atoms with Crippen LogP contribution in [0.1, 0.15) is 37.8 Å². The number of hydrogen-bond donors (Lipinski definition) is 1. The number of fused-ring (bicyclic) bond motifs is 3. The second-order valence-corrected chi connectivity index (χ2v) is 12.6. The van der Waals surface area contributed by atoms with E-state index in [2.05, 4.69) is 147 Å². The monoisotopic (exact) mass is 600 g/mol. The third kappa shape index (κ3) is 5.08. The van der Waals surface area contributed by atoms with Crippen LogP contribution in [0.25, 0.3) is 51.5 Å². The zero-order valence-corrected chi connectivity index (χ0v) is 27.1. The molecule has 1 aromatic heterocycles. The van der Waals surface area contributed by atoms with Crippen LogP contribution in [0.4, 0.5) is 0 Å². The van der Waals surface area contributed by atoms with Crippen LogP contribution in [0.2, 0.25) is 0 Å². The molecule has 4 aromatic rings. The molecule has 0 spiro atoms. The van der Waals surface area contributed by atoms with Gasteiger partial charge in [-0.05, 0) is 89.4 Å². The van der Waals surface area contributed by atoms with Gasteiger partial charge in [0.1, 0.15) is 0 Å². The first kappa shape index (κ1) is 30.9. The van der Waals surface area contributed by atoms with E-state index in [1.807, 2.05) is 19.1 Å². The molecule has 0 saturated carbocycles. The first-order chi connectivity index (χ1) is 22.4. The fourth-order valence-corrected chi connectivity index (χ4v) is 7.76. The van der Waals surface area contributed by atoms with Crippen molar-refractivity contribution in [2.45, 2.75) is 26.7 Å². The van der Waals surface area contributed by atoms with Gasteiger partial charge in [0.25, 0.3) is 0 Å². The highest BCUT2D eigenvalue weighted by molar-refractivity contribution is 5.92. The van der Waals surface area contributed by atoms with E-state index in [1.165, 1.54) is 27.0 Å². The van der Waals surface area contributed by atoms with Gasteiger partial charge in [-0.25, -0.2) is 0 Å². The molecule has 2 aliphatic carbocycles. The number of nitrogens with two attached hydrogens (primary N) is 1. The maximum absolute atomic E-state index is 6.08. The molecule has 46 heavy (non-hydrogen) atoms. The zero-order valence-electron chi connectivity index (χ0n) is 27.1. The third-order valence-corrected chi connectivity index (χ3v) is 10.2. The van der Waals surface area contributed by atoms with Crippen LogP contribution in [0.5, 0.6) is 0 Å². The van der Waals surface area contributed by atoms with Crippen LogP contribution >= 0.6 is 0 Å². The van der Waals surface area contributed by atoms with E-state index < -0.39 is 0 Å². The Kier molecular flexibility index (Phi) is 8.56. The maximum Gasteiger partial charge on any atom is 0.0547 e. The molecule has 0 bridgehead atoms. The minimum Gasteiger partial charge on any atom is -0.404 e. The van der Waals surface area contributed by atoms with Crippen molar-refractivity contribution in [1.82, 2.24) is 4.57 Å². The van der Waals surface area contributed by atoms with Gasteiger partial charge < -0.3 is 10.3 Å². The normalized spacial score (nSPS) is 22.8. The summed E-state index contributed by atoms with van der Waals surface area (Å²) in [6, 6.07) is 23.9. The molecule has 2 aliphatic rings. The molecular weight excluding hydrogens is 556 g/mol. The van der Waals surface area contributed by atoms with E-state index in [0.717, 1.165) is 46.4 Å². The van der Waals surface area contributed by atoms with Gasteiger partial charge in [-0.2, -0.15) is 0 Å². The fourth-order valence-electron chi connectivity index (χ4n) is 7.76. The van der Waals surface area contributed by atoms with Crippen molar-refractivity contribution in [3.05, 3.63) is 163 Å². The topological polar surface area (TPSA) is 30.9 Å². The van der Waals surface area contributed by atoms with Gasteiger partial charge in [0.15, 0.2) is 0 Å². The summed E-state index contributed by atoms with van der Waals surface area (Å²) in [6.07, 6.45) is 23.4. The summed E-state index contributed by atoms with van der Waals surface area (Å²) >= 11 is 0. The van der Waals surface area contributed by atoms with Crippen LogP contribution in [-0.2, 0) is 0 Å². The number of rotatable bonds is 9. The van der Waals surface area contributed by atoms with Crippen molar-refractivity contribution in [1.29, 1.82) is 0 Å². The smallest absolute Gasteiger partial charge is 0.0547 e. The van der Waals surface area contributed by atoms with Crippen molar-refractivity contribution in [3.63, 3.8) is 0 Å². The Hall–Kier alpha value is -5.08. The average molecular weight is 601 g/mol. The van der Waals surface area contributed by atoms with Gasteiger partial charge >= 0.3 is 0 Å². The van der Waals surface area contributed by atoms with Crippen molar-refractivity contribution in [2.24, 2.45) is 28.9 Å².